The van der Waals surface area contributed by atoms with Gasteiger partial charge in [-0.25, -0.2) is 0 Å². The third kappa shape index (κ3) is 3.99. The summed E-state index contributed by atoms with van der Waals surface area (Å²) < 4.78 is 9.70. The molecule has 1 aliphatic rings. The molecule has 6 heteroatoms. The lowest BCUT2D eigenvalue weighted by Gasteiger charge is -2.28. The molecule has 0 aliphatic heterocycles. The summed E-state index contributed by atoms with van der Waals surface area (Å²) in [5, 5.41) is 6.82. The molecule has 1 aromatic heterocycles. The fourth-order valence-corrected chi connectivity index (χ4v) is 3.26. The van der Waals surface area contributed by atoms with Crippen LogP contribution in [-0.4, -0.2) is 34.7 Å². The molecule has 1 heterocycles. The average molecular weight is 297 g/mol. The Bertz CT molecular complexity index is 436. The van der Waals surface area contributed by atoms with Gasteiger partial charge in [-0.1, -0.05) is 31.2 Å². The molecule has 1 fully saturated rings. The van der Waals surface area contributed by atoms with Crippen molar-refractivity contribution >= 4 is 17.4 Å². The largest absolute Gasteiger partial charge is 0.376 e. The molecule has 1 N–H and O–H groups in total. The molecule has 1 aliphatic carbocycles. The van der Waals surface area contributed by atoms with E-state index in [1.54, 1.807) is 0 Å². The molecular formula is C14H23N3O2S. The summed E-state index contributed by atoms with van der Waals surface area (Å²) in [5.41, 5.74) is 0.773. The van der Waals surface area contributed by atoms with E-state index in [2.05, 4.69) is 21.8 Å². The topological polar surface area (TPSA) is 64.1 Å². The minimum absolute atomic E-state index is 0.0860. The van der Waals surface area contributed by atoms with Crippen LogP contribution in [-0.2, 0) is 11.2 Å². The van der Waals surface area contributed by atoms with Crippen molar-refractivity contribution in [1.82, 2.24) is 14.9 Å². The summed E-state index contributed by atoms with van der Waals surface area (Å²) in [6.45, 7) is 5.34. The Kier molecular flexibility index (Phi) is 5.91. The molecule has 2 unspecified atom stereocenters. The second kappa shape index (κ2) is 7.69. The zero-order chi connectivity index (χ0) is 14.4. The normalized spacial score (nSPS) is 22.7. The second-order valence-electron chi connectivity index (χ2n) is 5.33. The zero-order valence-electron chi connectivity index (χ0n) is 12.2. The van der Waals surface area contributed by atoms with Crippen LogP contribution in [0.3, 0.4) is 0 Å². The smallest absolute Gasteiger partial charge is 0.265 e. The number of nitrogens with one attached hydrogen (secondary N) is 1. The van der Waals surface area contributed by atoms with Gasteiger partial charge in [-0.2, -0.15) is 0 Å². The van der Waals surface area contributed by atoms with Gasteiger partial charge in [0.2, 0.25) is 0 Å². The zero-order valence-corrected chi connectivity index (χ0v) is 13.0. The number of nitrogens with zero attached hydrogens (tertiary/aromatic N) is 2. The molecule has 0 aromatic carbocycles. The molecule has 5 nitrogen and oxygen atoms in total. The molecule has 2 rings (SSSR count). The van der Waals surface area contributed by atoms with E-state index < -0.39 is 0 Å². The molecule has 20 heavy (non-hydrogen) atoms. The highest BCUT2D eigenvalue weighted by molar-refractivity contribution is 7.08. The molecule has 0 radical (unpaired) electrons. The summed E-state index contributed by atoms with van der Waals surface area (Å²) in [4.78, 5) is 12.6. The Hall–Kier alpha value is -1.01. The minimum Gasteiger partial charge on any atom is -0.376 e. The van der Waals surface area contributed by atoms with Crippen molar-refractivity contribution in [2.45, 2.75) is 52.1 Å². The van der Waals surface area contributed by atoms with E-state index in [1.165, 1.54) is 19.3 Å². The van der Waals surface area contributed by atoms with Crippen LogP contribution < -0.4 is 5.32 Å². The van der Waals surface area contributed by atoms with E-state index in [0.29, 0.717) is 30.1 Å². The van der Waals surface area contributed by atoms with Crippen molar-refractivity contribution in [3.05, 3.63) is 10.6 Å². The Morgan fingerprint density at radius 1 is 1.45 bits per heavy atom. The Balaban J connectivity index is 1.69. The fourth-order valence-electron chi connectivity index (χ4n) is 2.60. The first-order valence-electron chi connectivity index (χ1n) is 7.43. The van der Waals surface area contributed by atoms with Crippen LogP contribution in [0.1, 0.15) is 54.9 Å². The fraction of sp³-hybridized carbons (Fsp3) is 0.786. The SMILES string of the molecule is CCc1nnsc1C(=O)NCCOC1CCCCC1C. The quantitative estimate of drug-likeness (QED) is 0.819. The van der Waals surface area contributed by atoms with Crippen LogP contribution in [0.5, 0.6) is 0 Å². The number of hydrogen-bond donors (Lipinski definition) is 1. The van der Waals surface area contributed by atoms with Gasteiger partial charge in [-0.05, 0) is 36.7 Å². The molecule has 0 saturated heterocycles. The molecule has 1 aromatic rings. The third-order valence-electron chi connectivity index (χ3n) is 3.85. The summed E-state index contributed by atoms with van der Waals surface area (Å²) in [6.07, 6.45) is 6.06. The highest BCUT2D eigenvalue weighted by Crippen LogP contribution is 2.25. The van der Waals surface area contributed by atoms with Crippen molar-refractivity contribution in [3.63, 3.8) is 0 Å². The number of hydrogen-bond acceptors (Lipinski definition) is 5. The van der Waals surface area contributed by atoms with Gasteiger partial charge in [0.15, 0.2) is 0 Å². The molecule has 1 saturated carbocycles. The molecule has 1 amide bonds. The van der Waals surface area contributed by atoms with E-state index in [0.717, 1.165) is 30.1 Å². The summed E-state index contributed by atoms with van der Waals surface area (Å²) in [6, 6.07) is 0. The van der Waals surface area contributed by atoms with Gasteiger partial charge in [0.25, 0.3) is 5.91 Å². The number of rotatable bonds is 6. The molecule has 2 atom stereocenters. The van der Waals surface area contributed by atoms with Crippen molar-refractivity contribution in [1.29, 1.82) is 0 Å². The monoisotopic (exact) mass is 297 g/mol. The molecule has 0 bridgehead atoms. The second-order valence-corrected chi connectivity index (χ2v) is 6.08. The minimum atomic E-state index is -0.0860. The van der Waals surface area contributed by atoms with E-state index in [1.807, 2.05) is 6.92 Å². The van der Waals surface area contributed by atoms with Crippen LogP contribution in [0.2, 0.25) is 0 Å². The standard InChI is InChI=1S/C14H23N3O2S/c1-3-11-13(20-17-16-11)14(18)15-8-9-19-12-7-5-4-6-10(12)2/h10,12H,3-9H2,1-2H3,(H,15,18). The van der Waals surface area contributed by atoms with Crippen molar-refractivity contribution in [2.24, 2.45) is 5.92 Å². The molecule has 112 valence electrons. The Morgan fingerprint density at radius 2 is 2.25 bits per heavy atom. The number of ether oxygens (including phenoxy) is 1. The first-order chi connectivity index (χ1) is 9.72. The van der Waals surface area contributed by atoms with Crippen LogP contribution >= 0.6 is 11.5 Å². The van der Waals surface area contributed by atoms with Crippen LogP contribution in [0.4, 0.5) is 0 Å². The highest BCUT2D eigenvalue weighted by Gasteiger charge is 2.21. The summed E-state index contributed by atoms with van der Waals surface area (Å²) >= 11 is 1.15. The van der Waals surface area contributed by atoms with Crippen molar-refractivity contribution < 1.29 is 9.53 Å². The average Bonchev–Trinajstić information content (AvgIpc) is 2.93. The van der Waals surface area contributed by atoms with Gasteiger partial charge in [-0.3, -0.25) is 4.79 Å². The van der Waals surface area contributed by atoms with Gasteiger partial charge in [0, 0.05) is 6.54 Å². The third-order valence-corrected chi connectivity index (χ3v) is 4.62. The number of carbonyl (C=O) groups excluding carboxylic acids is 1. The first kappa shape index (κ1) is 15.4. The van der Waals surface area contributed by atoms with Gasteiger partial charge < -0.3 is 10.1 Å². The predicted molar refractivity (Wildman–Crippen MR) is 79.0 cm³/mol. The maximum Gasteiger partial charge on any atom is 0.265 e. The van der Waals surface area contributed by atoms with Gasteiger partial charge in [-0.15, -0.1) is 5.10 Å². The number of carbonyl (C=O) groups is 1. The van der Waals surface area contributed by atoms with Gasteiger partial charge in [0.05, 0.1) is 18.4 Å². The highest BCUT2D eigenvalue weighted by atomic mass is 32.1. The van der Waals surface area contributed by atoms with E-state index in [4.69, 9.17) is 4.74 Å². The van der Waals surface area contributed by atoms with Gasteiger partial charge >= 0.3 is 0 Å². The number of aryl methyl sites for hydroxylation is 1. The van der Waals surface area contributed by atoms with E-state index in [-0.39, 0.29) is 5.91 Å². The lowest BCUT2D eigenvalue weighted by molar-refractivity contribution is -0.00293. The summed E-state index contributed by atoms with van der Waals surface area (Å²) in [5.74, 6) is 0.550. The maximum absolute atomic E-state index is 12.0. The van der Waals surface area contributed by atoms with Gasteiger partial charge in [0.1, 0.15) is 4.88 Å². The Labute approximate surface area is 124 Å². The Morgan fingerprint density at radius 3 is 3.00 bits per heavy atom. The molecular weight excluding hydrogens is 274 g/mol. The lowest BCUT2D eigenvalue weighted by Crippen LogP contribution is -2.31. The van der Waals surface area contributed by atoms with E-state index in [9.17, 15) is 4.79 Å². The first-order valence-corrected chi connectivity index (χ1v) is 8.20. The van der Waals surface area contributed by atoms with E-state index >= 15 is 0 Å². The van der Waals surface area contributed by atoms with Crippen LogP contribution in [0.25, 0.3) is 0 Å². The van der Waals surface area contributed by atoms with Crippen LogP contribution in [0.15, 0.2) is 0 Å². The van der Waals surface area contributed by atoms with Crippen LogP contribution in [0, 0.1) is 5.92 Å². The predicted octanol–water partition coefficient (Wildman–Crippen LogP) is 2.43. The maximum atomic E-state index is 12.0. The molecule has 0 spiro atoms. The number of aromatic nitrogens is 2. The number of amides is 1. The lowest BCUT2D eigenvalue weighted by atomic mass is 9.88. The van der Waals surface area contributed by atoms with Crippen molar-refractivity contribution in [2.75, 3.05) is 13.2 Å². The summed E-state index contributed by atoms with van der Waals surface area (Å²) in [7, 11) is 0. The van der Waals surface area contributed by atoms with Crippen molar-refractivity contribution in [3.8, 4) is 0 Å².